The summed E-state index contributed by atoms with van der Waals surface area (Å²) in [5.74, 6) is -2.06. The van der Waals surface area contributed by atoms with Crippen molar-refractivity contribution in [2.24, 2.45) is 17.8 Å². The molecule has 0 aliphatic heterocycles. The summed E-state index contributed by atoms with van der Waals surface area (Å²) in [6, 6.07) is 0.244. The van der Waals surface area contributed by atoms with Crippen molar-refractivity contribution in [1.29, 1.82) is 0 Å². The summed E-state index contributed by atoms with van der Waals surface area (Å²) in [5.41, 5.74) is 1.68. The number of aliphatic carboxylic acids is 1. The highest BCUT2D eigenvalue weighted by molar-refractivity contribution is 7.17. The van der Waals surface area contributed by atoms with Crippen molar-refractivity contribution < 1.29 is 19.5 Å². The van der Waals surface area contributed by atoms with Crippen molar-refractivity contribution in [2.75, 3.05) is 5.32 Å². The Kier molecular flexibility index (Phi) is 5.76. The van der Waals surface area contributed by atoms with Crippen molar-refractivity contribution >= 4 is 34.1 Å². The molecular weight excluding hydrogens is 388 g/mol. The molecule has 1 aromatic heterocycles. The van der Waals surface area contributed by atoms with E-state index in [1.807, 2.05) is 12.2 Å². The third-order valence-electron chi connectivity index (χ3n) is 6.41. The van der Waals surface area contributed by atoms with Crippen molar-refractivity contribution in [3.05, 3.63) is 28.2 Å². The van der Waals surface area contributed by atoms with Gasteiger partial charge in [0.2, 0.25) is 5.91 Å². The van der Waals surface area contributed by atoms with Gasteiger partial charge in [-0.3, -0.25) is 14.4 Å². The minimum Gasteiger partial charge on any atom is -0.481 e. The lowest BCUT2D eigenvalue weighted by atomic mass is 9.82. The molecule has 0 spiro atoms. The van der Waals surface area contributed by atoms with Crippen LogP contribution in [0.2, 0.25) is 0 Å². The molecular formula is C22H28N2O4S. The summed E-state index contributed by atoms with van der Waals surface area (Å²) in [5, 5.41) is 16.1. The SMILES string of the molecule is CC[C@H]1CCc2c(sc(NC(=O)[C@@H]3CC=CC[C@@H]3C(=O)O)c2C(=O)NC2CC2)C1. The van der Waals surface area contributed by atoms with E-state index in [9.17, 15) is 19.5 Å². The summed E-state index contributed by atoms with van der Waals surface area (Å²) < 4.78 is 0. The number of allylic oxidation sites excluding steroid dienone is 2. The first-order chi connectivity index (χ1) is 14.0. The van der Waals surface area contributed by atoms with E-state index in [2.05, 4.69) is 17.6 Å². The summed E-state index contributed by atoms with van der Waals surface area (Å²) in [6.07, 6.45) is 10.5. The third kappa shape index (κ3) is 4.25. The van der Waals surface area contributed by atoms with Gasteiger partial charge in [-0.25, -0.2) is 0 Å². The molecule has 3 aliphatic carbocycles. The van der Waals surface area contributed by atoms with E-state index in [4.69, 9.17) is 0 Å². The minimum atomic E-state index is -0.947. The van der Waals surface area contributed by atoms with E-state index in [-0.39, 0.29) is 17.9 Å². The number of hydrogen-bond donors (Lipinski definition) is 3. The number of rotatable bonds is 6. The van der Waals surface area contributed by atoms with Gasteiger partial charge in [0.15, 0.2) is 0 Å². The molecule has 2 amide bonds. The fourth-order valence-corrected chi connectivity index (χ4v) is 5.76. The van der Waals surface area contributed by atoms with Crippen LogP contribution in [-0.2, 0) is 22.4 Å². The number of thiophene rings is 1. The Morgan fingerprint density at radius 1 is 1.14 bits per heavy atom. The number of carbonyl (C=O) groups is 3. The summed E-state index contributed by atoms with van der Waals surface area (Å²) in [7, 11) is 0. The number of carboxylic acid groups (broad SMARTS) is 1. The Bertz CT molecular complexity index is 855. The molecule has 4 rings (SSSR count). The minimum absolute atomic E-state index is 0.103. The standard InChI is InChI=1S/C22H28N2O4S/c1-2-12-7-10-16-17(11-12)29-21(18(16)20(26)23-13-8-9-13)24-19(25)14-5-3-4-6-15(14)22(27)28/h3-4,12-15H,2,5-11H2,1H3,(H,23,26)(H,24,25)(H,27,28)/t12-,14+,15-/m0/s1. The molecule has 3 atom stereocenters. The molecule has 0 aromatic carbocycles. The molecule has 0 unspecified atom stereocenters. The van der Waals surface area contributed by atoms with Crippen LogP contribution >= 0.6 is 11.3 Å². The largest absolute Gasteiger partial charge is 0.481 e. The van der Waals surface area contributed by atoms with Gasteiger partial charge in [0.25, 0.3) is 5.91 Å². The van der Waals surface area contributed by atoms with Crippen LogP contribution in [0.15, 0.2) is 12.2 Å². The zero-order chi connectivity index (χ0) is 20.5. The molecule has 1 fully saturated rings. The number of nitrogens with one attached hydrogen (secondary N) is 2. The molecule has 3 aliphatic rings. The highest BCUT2D eigenvalue weighted by Gasteiger charge is 2.36. The molecule has 6 nitrogen and oxygen atoms in total. The fourth-order valence-electron chi connectivity index (χ4n) is 4.40. The van der Waals surface area contributed by atoms with E-state index in [1.54, 1.807) is 0 Å². The van der Waals surface area contributed by atoms with E-state index in [0.29, 0.717) is 29.3 Å². The smallest absolute Gasteiger partial charge is 0.307 e. The van der Waals surface area contributed by atoms with Crippen molar-refractivity contribution in [1.82, 2.24) is 5.32 Å². The fraction of sp³-hybridized carbons (Fsp3) is 0.591. The van der Waals surface area contributed by atoms with E-state index in [0.717, 1.165) is 44.1 Å². The van der Waals surface area contributed by atoms with Crippen LogP contribution < -0.4 is 10.6 Å². The number of carboxylic acids is 1. The van der Waals surface area contributed by atoms with Crippen LogP contribution in [0.1, 0.15) is 66.2 Å². The molecule has 3 N–H and O–H groups in total. The van der Waals surface area contributed by atoms with Crippen molar-refractivity contribution in [3.8, 4) is 0 Å². The normalized spacial score (nSPS) is 25.9. The Hall–Kier alpha value is -2.15. The average Bonchev–Trinajstić information content (AvgIpc) is 3.45. The first kappa shape index (κ1) is 20.1. The molecule has 0 radical (unpaired) electrons. The Balaban J connectivity index is 1.61. The van der Waals surface area contributed by atoms with E-state index >= 15 is 0 Å². The highest BCUT2D eigenvalue weighted by Crippen LogP contribution is 2.41. The number of carbonyl (C=O) groups excluding carboxylic acids is 2. The number of amides is 2. The summed E-state index contributed by atoms with van der Waals surface area (Å²) in [6.45, 7) is 2.19. The molecule has 0 saturated heterocycles. The van der Waals surface area contributed by atoms with Crippen molar-refractivity contribution in [2.45, 2.75) is 64.3 Å². The van der Waals surface area contributed by atoms with Gasteiger partial charge in [-0.2, -0.15) is 0 Å². The molecule has 0 bridgehead atoms. The Morgan fingerprint density at radius 2 is 1.86 bits per heavy atom. The van der Waals surface area contributed by atoms with Gasteiger partial charge in [0, 0.05) is 10.9 Å². The first-order valence-corrected chi connectivity index (χ1v) is 11.4. The Labute approximate surface area is 174 Å². The van der Waals surface area contributed by atoms with Crippen LogP contribution in [0.25, 0.3) is 0 Å². The average molecular weight is 417 g/mol. The highest BCUT2D eigenvalue weighted by atomic mass is 32.1. The molecule has 1 aromatic rings. The van der Waals surface area contributed by atoms with Gasteiger partial charge in [-0.15, -0.1) is 11.3 Å². The second-order valence-electron chi connectivity index (χ2n) is 8.46. The zero-order valence-corrected chi connectivity index (χ0v) is 17.5. The molecule has 1 heterocycles. The Morgan fingerprint density at radius 3 is 2.52 bits per heavy atom. The molecule has 29 heavy (non-hydrogen) atoms. The van der Waals surface area contributed by atoms with Gasteiger partial charge >= 0.3 is 5.97 Å². The zero-order valence-electron chi connectivity index (χ0n) is 16.7. The monoisotopic (exact) mass is 416 g/mol. The van der Waals surface area contributed by atoms with Gasteiger partial charge in [0.05, 0.1) is 17.4 Å². The first-order valence-electron chi connectivity index (χ1n) is 10.6. The van der Waals surface area contributed by atoms with Crippen LogP contribution in [0.5, 0.6) is 0 Å². The quantitative estimate of drug-likeness (QED) is 0.615. The van der Waals surface area contributed by atoms with Crippen molar-refractivity contribution in [3.63, 3.8) is 0 Å². The van der Waals surface area contributed by atoms with Gasteiger partial charge in [-0.1, -0.05) is 25.5 Å². The van der Waals surface area contributed by atoms with Gasteiger partial charge in [0.1, 0.15) is 5.00 Å². The summed E-state index contributed by atoms with van der Waals surface area (Å²) >= 11 is 1.50. The molecule has 156 valence electrons. The maximum absolute atomic E-state index is 13.0. The topological polar surface area (TPSA) is 95.5 Å². The lowest BCUT2D eigenvalue weighted by Gasteiger charge is -2.24. The second-order valence-corrected chi connectivity index (χ2v) is 9.56. The van der Waals surface area contributed by atoms with E-state index < -0.39 is 17.8 Å². The molecule has 7 heteroatoms. The lowest BCUT2D eigenvalue weighted by molar-refractivity contribution is -0.146. The number of anilines is 1. The third-order valence-corrected chi connectivity index (χ3v) is 7.58. The maximum atomic E-state index is 13.0. The maximum Gasteiger partial charge on any atom is 0.307 e. The van der Waals surface area contributed by atoms with Crippen LogP contribution in [-0.4, -0.2) is 28.9 Å². The predicted octanol–water partition coefficient (Wildman–Crippen LogP) is 3.76. The second kappa shape index (κ2) is 8.30. The van der Waals surface area contributed by atoms with Crippen LogP contribution in [0.4, 0.5) is 5.00 Å². The van der Waals surface area contributed by atoms with E-state index in [1.165, 1.54) is 16.2 Å². The number of fused-ring (bicyclic) bond motifs is 1. The van der Waals surface area contributed by atoms with Crippen LogP contribution in [0.3, 0.4) is 0 Å². The van der Waals surface area contributed by atoms with Gasteiger partial charge < -0.3 is 15.7 Å². The summed E-state index contributed by atoms with van der Waals surface area (Å²) in [4.78, 5) is 38.7. The van der Waals surface area contributed by atoms with Gasteiger partial charge in [-0.05, 0) is 56.4 Å². The van der Waals surface area contributed by atoms with Crippen LogP contribution in [0, 0.1) is 17.8 Å². The lowest BCUT2D eigenvalue weighted by Crippen LogP contribution is -2.35. The molecule has 1 saturated carbocycles. The number of hydrogen-bond acceptors (Lipinski definition) is 4. The predicted molar refractivity (Wildman–Crippen MR) is 112 cm³/mol.